The first-order chi connectivity index (χ1) is 15.5. The topological polar surface area (TPSA) is 92.8 Å². The van der Waals surface area contributed by atoms with E-state index in [2.05, 4.69) is 43.7 Å². The van der Waals surface area contributed by atoms with E-state index in [9.17, 15) is 0 Å². The number of nitrogens with two attached hydrogens (primary N) is 1. The Morgan fingerprint density at radius 2 is 2.00 bits per heavy atom. The van der Waals surface area contributed by atoms with Crippen molar-refractivity contribution in [1.29, 1.82) is 0 Å². The molecule has 6 rings (SSSR count). The molecular formula is C23H28BrN7O. The van der Waals surface area contributed by atoms with Crippen LogP contribution in [-0.2, 0) is 17.7 Å². The Labute approximate surface area is 196 Å². The maximum atomic E-state index is 6.48. The number of aliphatic imine (C=N–C) groups is 1. The highest BCUT2D eigenvalue weighted by Crippen LogP contribution is 2.42. The van der Waals surface area contributed by atoms with E-state index >= 15 is 0 Å². The first-order valence-electron chi connectivity index (χ1n) is 11.5. The third-order valence-corrected chi connectivity index (χ3v) is 8.05. The van der Waals surface area contributed by atoms with E-state index in [0.717, 1.165) is 91.0 Å². The van der Waals surface area contributed by atoms with Gasteiger partial charge in [-0.3, -0.25) is 4.99 Å². The highest BCUT2D eigenvalue weighted by Gasteiger charge is 2.47. The number of anilines is 2. The molecule has 1 spiro atoms. The van der Waals surface area contributed by atoms with Crippen molar-refractivity contribution in [3.8, 4) is 0 Å². The zero-order valence-electron chi connectivity index (χ0n) is 18.3. The molecule has 2 atom stereocenters. The molecule has 9 heteroatoms. The second-order valence-electron chi connectivity index (χ2n) is 9.41. The molecule has 0 bridgehead atoms. The van der Waals surface area contributed by atoms with E-state index in [1.165, 1.54) is 0 Å². The van der Waals surface area contributed by atoms with Crippen molar-refractivity contribution < 1.29 is 4.74 Å². The summed E-state index contributed by atoms with van der Waals surface area (Å²) in [5.41, 5.74) is 10.7. The van der Waals surface area contributed by atoms with Gasteiger partial charge in [-0.1, -0.05) is 0 Å². The maximum absolute atomic E-state index is 6.48. The fraction of sp³-hybridized carbons (Fsp3) is 0.565. The van der Waals surface area contributed by atoms with Crippen molar-refractivity contribution in [2.75, 3.05) is 36.0 Å². The Hall–Kier alpha value is -2.10. The van der Waals surface area contributed by atoms with Gasteiger partial charge in [0.15, 0.2) is 5.84 Å². The number of rotatable bonds is 1. The lowest BCUT2D eigenvalue weighted by Crippen LogP contribution is -2.50. The number of ether oxygens (including phenoxy) is 1. The summed E-state index contributed by atoms with van der Waals surface area (Å²) in [6, 6.07) is 4.23. The smallest absolute Gasteiger partial charge is 0.156 e. The number of aromatic nitrogens is 3. The average Bonchev–Trinajstić information content (AvgIpc) is 3.35. The average molecular weight is 498 g/mol. The van der Waals surface area contributed by atoms with Gasteiger partial charge in [0.2, 0.25) is 0 Å². The van der Waals surface area contributed by atoms with Gasteiger partial charge in [-0.15, -0.1) is 0 Å². The van der Waals surface area contributed by atoms with Crippen LogP contribution in [0, 0.1) is 5.41 Å². The van der Waals surface area contributed by atoms with Crippen LogP contribution in [0.15, 0.2) is 27.9 Å². The summed E-state index contributed by atoms with van der Waals surface area (Å²) >= 11 is 3.49. The normalized spacial score (nSPS) is 26.3. The molecule has 2 N–H and O–H groups in total. The molecule has 2 saturated heterocycles. The number of aryl methyl sites for hydroxylation is 1. The predicted molar refractivity (Wildman–Crippen MR) is 127 cm³/mol. The summed E-state index contributed by atoms with van der Waals surface area (Å²) in [4.78, 5) is 23.9. The minimum absolute atomic E-state index is 0.112. The van der Waals surface area contributed by atoms with Gasteiger partial charge >= 0.3 is 0 Å². The van der Waals surface area contributed by atoms with Crippen molar-refractivity contribution in [2.45, 2.75) is 51.3 Å². The summed E-state index contributed by atoms with van der Waals surface area (Å²) in [5, 5.41) is 0. The summed E-state index contributed by atoms with van der Waals surface area (Å²) in [7, 11) is 0. The van der Waals surface area contributed by atoms with E-state index in [4.69, 9.17) is 25.4 Å². The third-order valence-electron chi connectivity index (χ3n) is 7.61. The molecule has 168 valence electrons. The largest absolute Gasteiger partial charge is 0.376 e. The molecule has 0 saturated carbocycles. The molecule has 0 radical (unpaired) electrons. The summed E-state index contributed by atoms with van der Waals surface area (Å²) in [5.74, 6) is 1.87. The SMILES string of the molecule is C[C@@H]1OCC2(CCN(c3cnc4c(n3)CN=C4N3CCCc4nc(Br)ccc43)CC2)[C@@H]1N. The number of piperidine rings is 1. The minimum atomic E-state index is 0.112. The van der Waals surface area contributed by atoms with Gasteiger partial charge in [-0.2, -0.15) is 0 Å². The van der Waals surface area contributed by atoms with Gasteiger partial charge in [-0.25, -0.2) is 15.0 Å². The van der Waals surface area contributed by atoms with E-state index < -0.39 is 0 Å². The van der Waals surface area contributed by atoms with Crippen molar-refractivity contribution in [3.63, 3.8) is 0 Å². The highest BCUT2D eigenvalue weighted by molar-refractivity contribution is 9.10. The number of fused-ring (bicyclic) bond motifs is 2. The van der Waals surface area contributed by atoms with Crippen LogP contribution in [0.1, 0.15) is 43.3 Å². The summed E-state index contributed by atoms with van der Waals surface area (Å²) in [6.45, 7) is 6.24. The van der Waals surface area contributed by atoms with E-state index in [1.807, 2.05) is 12.3 Å². The molecular weight excluding hydrogens is 470 g/mol. The molecule has 2 aromatic rings. The number of nitrogens with zero attached hydrogens (tertiary/aromatic N) is 6. The maximum Gasteiger partial charge on any atom is 0.156 e. The first kappa shape index (κ1) is 20.5. The van der Waals surface area contributed by atoms with Crippen molar-refractivity contribution >= 4 is 33.3 Å². The van der Waals surface area contributed by atoms with Gasteiger partial charge in [0.1, 0.15) is 16.1 Å². The lowest BCUT2D eigenvalue weighted by molar-refractivity contribution is 0.0974. The second-order valence-corrected chi connectivity index (χ2v) is 10.2. The van der Waals surface area contributed by atoms with Crippen LogP contribution in [0.4, 0.5) is 11.5 Å². The lowest BCUT2D eigenvalue weighted by Gasteiger charge is -2.41. The Balaban J connectivity index is 1.21. The quantitative estimate of drug-likeness (QED) is 0.605. The Bertz CT molecular complexity index is 1080. The molecule has 6 heterocycles. The van der Waals surface area contributed by atoms with Crippen molar-refractivity contribution in [1.82, 2.24) is 15.0 Å². The molecule has 0 aliphatic carbocycles. The zero-order valence-corrected chi connectivity index (χ0v) is 19.9. The van der Waals surface area contributed by atoms with Gasteiger partial charge in [0, 0.05) is 31.1 Å². The molecule has 4 aliphatic heterocycles. The van der Waals surface area contributed by atoms with Crippen LogP contribution >= 0.6 is 15.9 Å². The number of halogens is 1. The molecule has 2 fully saturated rings. The second kappa shape index (κ2) is 7.74. The fourth-order valence-electron chi connectivity index (χ4n) is 5.60. The molecule has 32 heavy (non-hydrogen) atoms. The summed E-state index contributed by atoms with van der Waals surface area (Å²) in [6.07, 6.45) is 6.16. The first-order valence-corrected chi connectivity index (χ1v) is 12.3. The van der Waals surface area contributed by atoms with Crippen LogP contribution < -0.4 is 15.5 Å². The van der Waals surface area contributed by atoms with Crippen molar-refractivity contribution in [3.05, 3.63) is 40.0 Å². The number of hydrogen-bond acceptors (Lipinski definition) is 8. The molecule has 0 amide bonds. The lowest BCUT2D eigenvalue weighted by atomic mass is 9.73. The minimum Gasteiger partial charge on any atom is -0.376 e. The van der Waals surface area contributed by atoms with Gasteiger partial charge in [0.25, 0.3) is 0 Å². The fourth-order valence-corrected chi connectivity index (χ4v) is 5.95. The van der Waals surface area contributed by atoms with Crippen LogP contribution in [-0.4, -0.2) is 59.2 Å². The Morgan fingerprint density at radius 3 is 2.78 bits per heavy atom. The third kappa shape index (κ3) is 3.24. The van der Waals surface area contributed by atoms with Gasteiger partial charge < -0.3 is 20.3 Å². The summed E-state index contributed by atoms with van der Waals surface area (Å²) < 4.78 is 6.74. The van der Waals surface area contributed by atoms with E-state index in [-0.39, 0.29) is 17.6 Å². The standard InChI is InChI=1S/C23H28BrN7O/c1-14-21(25)23(13-32-14)6-9-30(10-7-23)19-12-26-20-16(29-19)11-27-22(20)31-8-2-3-15-17(31)4-5-18(24)28-15/h4-5,12,14,21H,2-3,6-11,13,25H2,1H3/t14-,21+/m0/s1. The predicted octanol–water partition coefficient (Wildman–Crippen LogP) is 2.68. The van der Waals surface area contributed by atoms with Crippen molar-refractivity contribution in [2.24, 2.45) is 16.1 Å². The van der Waals surface area contributed by atoms with Gasteiger partial charge in [-0.05, 0) is 60.7 Å². The van der Waals surface area contributed by atoms with Crippen LogP contribution in [0.25, 0.3) is 0 Å². The molecule has 8 nitrogen and oxygen atoms in total. The zero-order chi connectivity index (χ0) is 21.9. The Kier molecular flexibility index (Phi) is 4.96. The number of amidine groups is 1. The van der Waals surface area contributed by atoms with E-state index in [1.54, 1.807) is 0 Å². The number of hydrogen-bond donors (Lipinski definition) is 1. The number of pyridine rings is 1. The van der Waals surface area contributed by atoms with Crippen LogP contribution in [0.5, 0.6) is 0 Å². The highest BCUT2D eigenvalue weighted by atomic mass is 79.9. The monoisotopic (exact) mass is 497 g/mol. The molecule has 2 aromatic heterocycles. The van der Waals surface area contributed by atoms with Crippen LogP contribution in [0.2, 0.25) is 0 Å². The molecule has 0 unspecified atom stereocenters. The molecule has 0 aromatic carbocycles. The Morgan fingerprint density at radius 1 is 1.16 bits per heavy atom. The van der Waals surface area contributed by atoms with Crippen LogP contribution in [0.3, 0.4) is 0 Å². The molecule has 4 aliphatic rings. The van der Waals surface area contributed by atoms with Gasteiger partial charge in [0.05, 0.1) is 42.5 Å². The van der Waals surface area contributed by atoms with E-state index in [0.29, 0.717) is 6.54 Å².